The third-order valence-electron chi connectivity index (χ3n) is 3.67. The Hall–Kier alpha value is -1.34. The molecule has 0 heterocycles. The molecule has 0 radical (unpaired) electrons. The van der Waals surface area contributed by atoms with Crippen LogP contribution in [-0.4, -0.2) is 26.3 Å². The number of nitrogens with one attached hydrogen (secondary N) is 1. The lowest BCUT2D eigenvalue weighted by molar-refractivity contribution is 0.144. The van der Waals surface area contributed by atoms with E-state index < -0.39 is 10.0 Å². The van der Waals surface area contributed by atoms with Gasteiger partial charge < -0.3 is 10.5 Å². The molecule has 0 unspecified atom stereocenters. The van der Waals surface area contributed by atoms with E-state index in [0.717, 1.165) is 0 Å². The first-order valence-electron chi connectivity index (χ1n) is 7.11. The SMILES string of the molecule is CCS(=O)(=O)NC1CCC(Oc2cc(F)ccc2N)CC1. The van der Waals surface area contributed by atoms with Crippen molar-refractivity contribution in [3.8, 4) is 5.75 Å². The van der Waals surface area contributed by atoms with Gasteiger partial charge in [0.15, 0.2) is 0 Å². The predicted molar refractivity (Wildman–Crippen MR) is 80.1 cm³/mol. The first kappa shape index (κ1) is 16.0. The van der Waals surface area contributed by atoms with Crippen molar-refractivity contribution in [3.05, 3.63) is 24.0 Å². The molecule has 0 atom stereocenters. The quantitative estimate of drug-likeness (QED) is 0.815. The molecule has 1 fully saturated rings. The molecule has 0 aromatic heterocycles. The Balaban J connectivity index is 1.88. The van der Waals surface area contributed by atoms with Gasteiger partial charge in [0.2, 0.25) is 10.0 Å². The molecule has 1 aromatic rings. The lowest BCUT2D eigenvalue weighted by Crippen LogP contribution is -2.40. The van der Waals surface area contributed by atoms with Crippen molar-refractivity contribution in [1.82, 2.24) is 4.72 Å². The minimum atomic E-state index is -3.17. The summed E-state index contributed by atoms with van der Waals surface area (Å²) in [5, 5.41) is 0. The van der Waals surface area contributed by atoms with Gasteiger partial charge in [-0.05, 0) is 44.7 Å². The molecular formula is C14H21FN2O3S. The van der Waals surface area contributed by atoms with Crippen LogP contribution in [0.4, 0.5) is 10.1 Å². The van der Waals surface area contributed by atoms with E-state index in [1.807, 2.05) is 0 Å². The zero-order chi connectivity index (χ0) is 15.5. The van der Waals surface area contributed by atoms with Crippen molar-refractivity contribution in [2.45, 2.75) is 44.8 Å². The van der Waals surface area contributed by atoms with Gasteiger partial charge >= 0.3 is 0 Å². The second-order valence-electron chi connectivity index (χ2n) is 5.29. The highest BCUT2D eigenvalue weighted by atomic mass is 32.2. The summed E-state index contributed by atoms with van der Waals surface area (Å²) in [5.41, 5.74) is 6.16. The van der Waals surface area contributed by atoms with Gasteiger partial charge in [-0.2, -0.15) is 0 Å². The number of anilines is 1. The lowest BCUT2D eigenvalue weighted by Gasteiger charge is -2.29. The molecule has 0 spiro atoms. The number of nitrogen functional groups attached to an aromatic ring is 1. The summed E-state index contributed by atoms with van der Waals surface area (Å²) in [6.07, 6.45) is 2.79. The first-order chi connectivity index (χ1) is 9.89. The fraction of sp³-hybridized carbons (Fsp3) is 0.571. The van der Waals surface area contributed by atoms with Crippen LogP contribution in [0, 0.1) is 5.82 Å². The molecule has 2 rings (SSSR count). The lowest BCUT2D eigenvalue weighted by atomic mass is 9.93. The molecule has 1 aliphatic rings. The number of rotatable bonds is 5. The fourth-order valence-electron chi connectivity index (χ4n) is 2.43. The molecule has 0 saturated heterocycles. The fourth-order valence-corrected chi connectivity index (χ4v) is 3.34. The summed E-state index contributed by atoms with van der Waals surface area (Å²) in [7, 11) is -3.17. The third-order valence-corrected chi connectivity index (χ3v) is 5.12. The summed E-state index contributed by atoms with van der Waals surface area (Å²) < 4.78 is 44.6. The molecule has 21 heavy (non-hydrogen) atoms. The molecule has 7 heteroatoms. The maximum atomic E-state index is 13.2. The van der Waals surface area contributed by atoms with E-state index in [9.17, 15) is 12.8 Å². The van der Waals surface area contributed by atoms with Gasteiger partial charge in [0.25, 0.3) is 0 Å². The Labute approximate surface area is 124 Å². The average Bonchev–Trinajstić information content (AvgIpc) is 2.45. The topological polar surface area (TPSA) is 81.4 Å². The summed E-state index contributed by atoms with van der Waals surface area (Å²) in [6.45, 7) is 1.61. The van der Waals surface area contributed by atoms with Crippen LogP contribution in [0.2, 0.25) is 0 Å². The minimum absolute atomic E-state index is 0.0420. The van der Waals surface area contributed by atoms with Crippen LogP contribution in [-0.2, 0) is 10.0 Å². The molecule has 1 aromatic carbocycles. The van der Waals surface area contributed by atoms with Crippen LogP contribution in [0.25, 0.3) is 0 Å². The Morgan fingerprint density at radius 2 is 2.00 bits per heavy atom. The van der Waals surface area contributed by atoms with Gasteiger partial charge in [0.05, 0.1) is 17.5 Å². The van der Waals surface area contributed by atoms with Crippen LogP contribution in [0.1, 0.15) is 32.6 Å². The first-order valence-corrected chi connectivity index (χ1v) is 8.76. The van der Waals surface area contributed by atoms with Crippen molar-refractivity contribution in [2.75, 3.05) is 11.5 Å². The summed E-state index contributed by atoms with van der Waals surface area (Å²) >= 11 is 0. The third kappa shape index (κ3) is 4.57. The molecular weight excluding hydrogens is 295 g/mol. The zero-order valence-electron chi connectivity index (χ0n) is 12.0. The van der Waals surface area contributed by atoms with Crippen LogP contribution in [0.15, 0.2) is 18.2 Å². The monoisotopic (exact) mass is 316 g/mol. The second kappa shape index (κ2) is 6.62. The summed E-state index contributed by atoms with van der Waals surface area (Å²) in [5.74, 6) is 0.0552. The Morgan fingerprint density at radius 1 is 1.33 bits per heavy atom. The van der Waals surface area contributed by atoms with E-state index in [1.54, 1.807) is 6.92 Å². The van der Waals surface area contributed by atoms with E-state index in [4.69, 9.17) is 10.5 Å². The van der Waals surface area contributed by atoms with Gasteiger partial charge in [-0.15, -0.1) is 0 Å². The smallest absolute Gasteiger partial charge is 0.211 e. The van der Waals surface area contributed by atoms with Gasteiger partial charge in [-0.25, -0.2) is 17.5 Å². The summed E-state index contributed by atoms with van der Waals surface area (Å²) in [4.78, 5) is 0. The number of hydrogen-bond donors (Lipinski definition) is 2. The van der Waals surface area contributed by atoms with Crippen LogP contribution >= 0.6 is 0 Å². The van der Waals surface area contributed by atoms with Crippen molar-refractivity contribution in [3.63, 3.8) is 0 Å². The van der Waals surface area contributed by atoms with E-state index >= 15 is 0 Å². The maximum Gasteiger partial charge on any atom is 0.211 e. The van der Waals surface area contributed by atoms with E-state index in [2.05, 4.69) is 4.72 Å². The number of ether oxygens (including phenoxy) is 1. The van der Waals surface area contributed by atoms with E-state index in [1.165, 1.54) is 18.2 Å². The van der Waals surface area contributed by atoms with E-state index in [0.29, 0.717) is 37.1 Å². The number of sulfonamides is 1. The second-order valence-corrected chi connectivity index (χ2v) is 7.34. The average molecular weight is 316 g/mol. The molecule has 0 aliphatic heterocycles. The Bertz CT molecular complexity index is 584. The highest BCUT2D eigenvalue weighted by molar-refractivity contribution is 7.89. The standard InChI is InChI=1S/C14H21FN2O3S/c1-2-21(18,19)17-11-4-6-12(7-5-11)20-14-9-10(15)3-8-13(14)16/h3,8-9,11-12,17H,2,4-7,16H2,1H3. The normalized spacial score (nSPS) is 23.0. The van der Waals surface area contributed by atoms with Gasteiger partial charge in [-0.3, -0.25) is 0 Å². The van der Waals surface area contributed by atoms with Gasteiger partial charge in [0.1, 0.15) is 11.6 Å². The number of benzene rings is 1. The van der Waals surface area contributed by atoms with Crippen molar-refractivity contribution in [2.24, 2.45) is 0 Å². The highest BCUT2D eigenvalue weighted by Crippen LogP contribution is 2.28. The zero-order valence-corrected chi connectivity index (χ0v) is 12.8. The Morgan fingerprint density at radius 3 is 2.62 bits per heavy atom. The van der Waals surface area contributed by atoms with Crippen molar-refractivity contribution >= 4 is 15.7 Å². The minimum Gasteiger partial charge on any atom is -0.488 e. The highest BCUT2D eigenvalue weighted by Gasteiger charge is 2.25. The van der Waals surface area contributed by atoms with Crippen molar-refractivity contribution in [1.29, 1.82) is 0 Å². The Kier molecular flexibility index (Phi) is 5.05. The molecule has 1 aliphatic carbocycles. The predicted octanol–water partition coefficient (Wildman–Crippen LogP) is 2.04. The van der Waals surface area contributed by atoms with Crippen molar-refractivity contribution < 1.29 is 17.5 Å². The molecule has 0 bridgehead atoms. The maximum absolute atomic E-state index is 13.2. The summed E-state index contributed by atoms with van der Waals surface area (Å²) in [6, 6.07) is 4.01. The molecule has 1 saturated carbocycles. The van der Waals surface area contributed by atoms with Crippen LogP contribution < -0.4 is 15.2 Å². The largest absolute Gasteiger partial charge is 0.488 e. The van der Waals surface area contributed by atoms with Gasteiger partial charge in [0, 0.05) is 12.1 Å². The number of hydrogen-bond acceptors (Lipinski definition) is 4. The molecule has 5 nitrogen and oxygen atoms in total. The number of nitrogens with two attached hydrogens (primary N) is 1. The number of halogens is 1. The molecule has 0 amide bonds. The molecule has 118 valence electrons. The van der Waals surface area contributed by atoms with E-state index in [-0.39, 0.29) is 23.7 Å². The van der Waals surface area contributed by atoms with Gasteiger partial charge in [-0.1, -0.05) is 0 Å². The molecule has 3 N–H and O–H groups in total. The van der Waals surface area contributed by atoms with Crippen LogP contribution in [0.3, 0.4) is 0 Å². The van der Waals surface area contributed by atoms with Crippen LogP contribution in [0.5, 0.6) is 5.75 Å².